The van der Waals surface area contributed by atoms with Crippen LogP contribution in [-0.4, -0.2) is 47.0 Å². The lowest BCUT2D eigenvalue weighted by atomic mass is 9.94. The molecule has 2 fully saturated rings. The van der Waals surface area contributed by atoms with Gasteiger partial charge in [0.2, 0.25) is 11.8 Å². The molecular weight excluding hydrogens is 418 g/mol. The number of nitrogens with zero attached hydrogens (tertiary/aromatic N) is 1. The molecule has 1 aromatic rings. The molecule has 2 saturated carbocycles. The number of carbonyl (C=O) groups excluding carboxylic acids is 3. The van der Waals surface area contributed by atoms with Gasteiger partial charge in [-0.25, -0.2) is 4.79 Å². The first-order valence-electron chi connectivity index (χ1n) is 12.3. The summed E-state index contributed by atoms with van der Waals surface area (Å²) in [5, 5.41) is 5.78. The molecule has 0 spiro atoms. The van der Waals surface area contributed by atoms with Crippen molar-refractivity contribution in [2.75, 3.05) is 6.54 Å². The molecule has 0 saturated heterocycles. The highest BCUT2D eigenvalue weighted by Gasteiger charge is 2.41. The highest BCUT2D eigenvalue weighted by Crippen LogP contribution is 2.35. The lowest BCUT2D eigenvalue weighted by molar-refractivity contribution is -0.141. The molecule has 1 aromatic carbocycles. The van der Waals surface area contributed by atoms with Crippen LogP contribution >= 0.6 is 0 Å². The lowest BCUT2D eigenvalue weighted by Gasteiger charge is -2.33. The van der Waals surface area contributed by atoms with E-state index >= 15 is 0 Å². The number of amides is 3. The second kappa shape index (κ2) is 11.0. The molecular formula is C26H39N3O4. The van der Waals surface area contributed by atoms with Gasteiger partial charge in [0.1, 0.15) is 18.2 Å². The first-order chi connectivity index (χ1) is 15.7. The Morgan fingerprint density at radius 3 is 2.21 bits per heavy atom. The molecule has 7 nitrogen and oxygen atoms in total. The minimum Gasteiger partial charge on any atom is -0.444 e. The fourth-order valence-electron chi connectivity index (χ4n) is 4.37. The Morgan fingerprint density at radius 1 is 1.03 bits per heavy atom. The summed E-state index contributed by atoms with van der Waals surface area (Å²) in [7, 11) is 0. The van der Waals surface area contributed by atoms with Crippen molar-refractivity contribution in [3.63, 3.8) is 0 Å². The Labute approximate surface area is 197 Å². The van der Waals surface area contributed by atoms with Crippen LogP contribution in [-0.2, 0) is 20.7 Å². The van der Waals surface area contributed by atoms with Gasteiger partial charge in [0.05, 0.1) is 0 Å². The molecule has 1 atom stereocenters. The Bertz CT molecular complexity index is 821. The summed E-state index contributed by atoms with van der Waals surface area (Å²) in [6.45, 7) is 7.21. The monoisotopic (exact) mass is 457 g/mol. The molecule has 0 aliphatic heterocycles. The maximum atomic E-state index is 13.6. The molecule has 182 valence electrons. The van der Waals surface area contributed by atoms with Crippen molar-refractivity contribution in [1.82, 2.24) is 15.5 Å². The second-order valence-electron chi connectivity index (χ2n) is 10.2. The van der Waals surface area contributed by atoms with Crippen molar-refractivity contribution in [3.8, 4) is 0 Å². The summed E-state index contributed by atoms with van der Waals surface area (Å²) in [6, 6.07) is 7.39. The molecule has 0 radical (unpaired) electrons. The van der Waals surface area contributed by atoms with Gasteiger partial charge in [-0.1, -0.05) is 50.5 Å². The standard InChI is InChI=1S/C26H39N3O4/c1-5-18-11-13-19(14-12-18)23(24(31)28-20-9-7-6-8-10-20)29(21-15-16-21)22(30)17-27-25(32)33-26(2,3)4/h11-14,20-21,23H,5-10,15-17H2,1-4H3,(H,27,32)(H,28,31). The van der Waals surface area contributed by atoms with E-state index in [1.807, 2.05) is 24.3 Å². The van der Waals surface area contributed by atoms with Gasteiger partial charge in [0.25, 0.3) is 0 Å². The topological polar surface area (TPSA) is 87.7 Å². The van der Waals surface area contributed by atoms with Crippen molar-refractivity contribution >= 4 is 17.9 Å². The summed E-state index contributed by atoms with van der Waals surface area (Å²) in [5.41, 5.74) is 1.34. The summed E-state index contributed by atoms with van der Waals surface area (Å²) in [6.07, 6.45) is 7.38. The zero-order valence-electron chi connectivity index (χ0n) is 20.5. The van der Waals surface area contributed by atoms with Crippen LogP contribution in [0.5, 0.6) is 0 Å². The second-order valence-corrected chi connectivity index (χ2v) is 10.2. The first-order valence-corrected chi connectivity index (χ1v) is 12.3. The van der Waals surface area contributed by atoms with Gasteiger partial charge < -0.3 is 20.3 Å². The fourth-order valence-corrected chi connectivity index (χ4v) is 4.37. The number of hydrogen-bond donors (Lipinski definition) is 2. The van der Waals surface area contributed by atoms with Crippen LogP contribution in [0.1, 0.15) is 89.8 Å². The molecule has 2 aliphatic carbocycles. The maximum absolute atomic E-state index is 13.6. The molecule has 0 aromatic heterocycles. The maximum Gasteiger partial charge on any atom is 0.408 e. The molecule has 3 rings (SSSR count). The van der Waals surface area contributed by atoms with Crippen LogP contribution in [0.2, 0.25) is 0 Å². The lowest BCUT2D eigenvalue weighted by Crippen LogP contribution is -2.50. The van der Waals surface area contributed by atoms with Crippen LogP contribution in [0, 0.1) is 0 Å². The van der Waals surface area contributed by atoms with E-state index in [2.05, 4.69) is 17.6 Å². The number of ether oxygens (including phenoxy) is 1. The van der Waals surface area contributed by atoms with Crippen LogP contribution < -0.4 is 10.6 Å². The predicted octanol–water partition coefficient (Wildman–Crippen LogP) is 4.25. The number of rotatable bonds is 8. The van der Waals surface area contributed by atoms with E-state index in [9.17, 15) is 14.4 Å². The highest BCUT2D eigenvalue weighted by atomic mass is 16.6. The number of benzene rings is 1. The number of carbonyl (C=O) groups is 3. The van der Waals surface area contributed by atoms with Crippen molar-refractivity contribution in [1.29, 1.82) is 0 Å². The van der Waals surface area contributed by atoms with E-state index in [1.54, 1.807) is 25.7 Å². The van der Waals surface area contributed by atoms with Gasteiger partial charge in [-0.15, -0.1) is 0 Å². The molecule has 1 unspecified atom stereocenters. The molecule has 2 aliphatic rings. The largest absolute Gasteiger partial charge is 0.444 e. The minimum atomic E-state index is -0.710. The smallest absolute Gasteiger partial charge is 0.408 e. The predicted molar refractivity (Wildman–Crippen MR) is 128 cm³/mol. The Balaban J connectivity index is 1.79. The normalized spacial score (nSPS) is 17.7. The highest BCUT2D eigenvalue weighted by molar-refractivity contribution is 5.91. The van der Waals surface area contributed by atoms with Gasteiger partial charge in [-0.05, 0) is 64.0 Å². The summed E-state index contributed by atoms with van der Waals surface area (Å²) >= 11 is 0. The number of aryl methyl sites for hydroxylation is 1. The average molecular weight is 458 g/mol. The van der Waals surface area contributed by atoms with Crippen LogP contribution in [0.4, 0.5) is 4.79 Å². The average Bonchev–Trinajstić information content (AvgIpc) is 3.60. The quantitative estimate of drug-likeness (QED) is 0.611. The van der Waals surface area contributed by atoms with E-state index in [0.717, 1.165) is 50.5 Å². The zero-order chi connectivity index (χ0) is 24.0. The van der Waals surface area contributed by atoms with Gasteiger partial charge in [-0.2, -0.15) is 0 Å². The van der Waals surface area contributed by atoms with E-state index in [4.69, 9.17) is 4.74 Å². The van der Waals surface area contributed by atoms with Crippen molar-refractivity contribution < 1.29 is 19.1 Å². The SMILES string of the molecule is CCc1ccc(C(C(=O)NC2CCCCC2)N(C(=O)CNC(=O)OC(C)(C)C)C2CC2)cc1. The third-order valence-corrected chi connectivity index (χ3v) is 6.19. The van der Waals surface area contributed by atoms with E-state index < -0.39 is 17.7 Å². The Hall–Kier alpha value is -2.57. The molecule has 2 N–H and O–H groups in total. The van der Waals surface area contributed by atoms with E-state index in [-0.39, 0.29) is 30.4 Å². The Kier molecular flexibility index (Phi) is 8.38. The number of nitrogens with one attached hydrogen (secondary N) is 2. The number of hydrogen-bond acceptors (Lipinski definition) is 4. The molecule has 33 heavy (non-hydrogen) atoms. The van der Waals surface area contributed by atoms with Gasteiger partial charge in [-0.3, -0.25) is 9.59 Å². The van der Waals surface area contributed by atoms with Crippen molar-refractivity contribution in [2.45, 2.75) is 103 Å². The molecule has 7 heteroatoms. The molecule has 0 bridgehead atoms. The van der Waals surface area contributed by atoms with E-state index in [0.29, 0.717) is 0 Å². The van der Waals surface area contributed by atoms with Gasteiger partial charge >= 0.3 is 6.09 Å². The van der Waals surface area contributed by atoms with Gasteiger partial charge in [0.15, 0.2) is 0 Å². The molecule has 0 heterocycles. The minimum absolute atomic E-state index is 0.00546. The zero-order valence-corrected chi connectivity index (χ0v) is 20.5. The van der Waals surface area contributed by atoms with Crippen LogP contribution in [0.3, 0.4) is 0 Å². The van der Waals surface area contributed by atoms with Crippen molar-refractivity contribution in [3.05, 3.63) is 35.4 Å². The summed E-state index contributed by atoms with van der Waals surface area (Å²) < 4.78 is 5.26. The third-order valence-electron chi connectivity index (χ3n) is 6.19. The van der Waals surface area contributed by atoms with Crippen molar-refractivity contribution in [2.24, 2.45) is 0 Å². The fraction of sp³-hybridized carbons (Fsp3) is 0.654. The third kappa shape index (κ3) is 7.47. The summed E-state index contributed by atoms with van der Waals surface area (Å²) in [4.78, 5) is 40.6. The Morgan fingerprint density at radius 2 is 1.67 bits per heavy atom. The van der Waals surface area contributed by atoms with Crippen LogP contribution in [0.25, 0.3) is 0 Å². The first kappa shape index (κ1) is 25.1. The number of alkyl carbamates (subject to hydrolysis) is 1. The van der Waals surface area contributed by atoms with Gasteiger partial charge in [0, 0.05) is 12.1 Å². The summed E-state index contributed by atoms with van der Waals surface area (Å²) in [5.74, 6) is -0.407. The molecule has 3 amide bonds. The van der Waals surface area contributed by atoms with E-state index in [1.165, 1.54) is 12.0 Å². The van der Waals surface area contributed by atoms with Crippen LogP contribution in [0.15, 0.2) is 24.3 Å².